The van der Waals surface area contributed by atoms with E-state index in [1.807, 2.05) is 30.3 Å². The molecule has 1 fully saturated rings. The van der Waals surface area contributed by atoms with Crippen LogP contribution in [0.25, 0.3) is 10.8 Å². The third-order valence-electron chi connectivity index (χ3n) is 5.48. The molecule has 3 amide bonds. The number of hydrogen-bond acceptors (Lipinski definition) is 6. The van der Waals surface area contributed by atoms with E-state index in [9.17, 15) is 14.4 Å². The van der Waals surface area contributed by atoms with Crippen molar-refractivity contribution in [2.45, 2.75) is 38.7 Å². The molecular formula is C26H27N5O4. The second-order valence-electron chi connectivity index (χ2n) is 9.46. The molecule has 0 aliphatic heterocycles. The van der Waals surface area contributed by atoms with E-state index >= 15 is 0 Å². The summed E-state index contributed by atoms with van der Waals surface area (Å²) in [7, 11) is 0. The van der Waals surface area contributed by atoms with Crippen molar-refractivity contribution < 1.29 is 19.1 Å². The van der Waals surface area contributed by atoms with E-state index in [0.29, 0.717) is 12.0 Å². The maximum atomic E-state index is 12.8. The largest absolute Gasteiger partial charge is 0.444 e. The topological polar surface area (TPSA) is 133 Å². The van der Waals surface area contributed by atoms with Crippen molar-refractivity contribution >= 4 is 40.3 Å². The van der Waals surface area contributed by atoms with Gasteiger partial charge in [-0.25, -0.2) is 4.79 Å². The average Bonchev–Trinajstić information content (AvgIpc) is 3.59. The summed E-state index contributed by atoms with van der Waals surface area (Å²) < 4.78 is 5.07. The number of ether oxygens (including phenoxy) is 1. The highest BCUT2D eigenvalue weighted by molar-refractivity contribution is 6.08. The molecule has 0 saturated heterocycles. The van der Waals surface area contributed by atoms with Gasteiger partial charge in [0.15, 0.2) is 0 Å². The number of anilines is 1. The number of rotatable bonds is 4. The van der Waals surface area contributed by atoms with Crippen LogP contribution in [0.1, 0.15) is 49.0 Å². The Bertz CT molecular complexity index is 1310. The predicted octanol–water partition coefficient (Wildman–Crippen LogP) is 4.17. The summed E-state index contributed by atoms with van der Waals surface area (Å²) >= 11 is 0. The minimum Gasteiger partial charge on any atom is -0.444 e. The molecule has 35 heavy (non-hydrogen) atoms. The van der Waals surface area contributed by atoms with Crippen molar-refractivity contribution in [3.8, 4) is 0 Å². The number of guanidine groups is 1. The van der Waals surface area contributed by atoms with E-state index < -0.39 is 23.6 Å². The molecule has 1 saturated carbocycles. The fraction of sp³-hybridized carbons (Fsp3) is 0.269. The van der Waals surface area contributed by atoms with Crippen LogP contribution in [0.4, 0.5) is 10.5 Å². The number of nitrogens with one attached hydrogen (secondary N) is 4. The molecule has 1 heterocycles. The van der Waals surface area contributed by atoms with Gasteiger partial charge in [-0.2, -0.15) is 0 Å². The van der Waals surface area contributed by atoms with Gasteiger partial charge in [-0.05, 0) is 74.4 Å². The molecule has 0 bridgehead atoms. The van der Waals surface area contributed by atoms with Gasteiger partial charge < -0.3 is 10.1 Å². The molecule has 3 aromatic rings. The first-order chi connectivity index (χ1) is 16.6. The van der Waals surface area contributed by atoms with E-state index in [0.717, 1.165) is 22.0 Å². The van der Waals surface area contributed by atoms with Crippen LogP contribution in [0.15, 0.2) is 60.9 Å². The van der Waals surface area contributed by atoms with Gasteiger partial charge in [0.05, 0.1) is 0 Å². The lowest BCUT2D eigenvalue weighted by molar-refractivity contribution is -0.117. The van der Waals surface area contributed by atoms with E-state index in [2.05, 4.69) is 20.9 Å². The molecule has 180 valence electrons. The van der Waals surface area contributed by atoms with Gasteiger partial charge in [-0.1, -0.05) is 18.2 Å². The van der Waals surface area contributed by atoms with Crippen LogP contribution < -0.4 is 16.0 Å². The lowest BCUT2D eigenvalue weighted by atomic mass is 10.0. The van der Waals surface area contributed by atoms with Gasteiger partial charge in [0.25, 0.3) is 5.91 Å². The lowest BCUT2D eigenvalue weighted by Gasteiger charge is -2.19. The van der Waals surface area contributed by atoms with Crippen LogP contribution in [-0.4, -0.2) is 34.5 Å². The Labute approximate surface area is 202 Å². The van der Waals surface area contributed by atoms with Gasteiger partial charge in [0.2, 0.25) is 11.9 Å². The van der Waals surface area contributed by atoms with Crippen LogP contribution in [0, 0.1) is 11.3 Å². The molecular weight excluding hydrogens is 446 g/mol. The molecule has 2 aromatic carbocycles. The van der Waals surface area contributed by atoms with Crippen molar-refractivity contribution in [1.82, 2.24) is 15.6 Å². The maximum absolute atomic E-state index is 12.8. The standard InChI is InChI=1S/C26H27N5O4/c1-26(2,3)35-25(34)31-24(27)30-22(32)17-6-4-5-16(11-17)20-13-21(20)23(33)29-19-8-7-18-14-28-10-9-15(18)12-19/h4-12,14,20-21H,13H2,1-3H3,(H,29,33)(H3,27,30,31,32,34)/t20-,21+/m0/s1. The number of aromatic nitrogens is 1. The first kappa shape index (κ1) is 23.9. The SMILES string of the molecule is CC(C)(C)OC(=O)NC(=N)NC(=O)c1cccc([C@@H]2C[C@H]2C(=O)Nc2ccc3cnccc3c2)c1. The summed E-state index contributed by atoms with van der Waals surface area (Å²) in [6.07, 6.45) is 3.34. The molecule has 1 aromatic heterocycles. The summed E-state index contributed by atoms with van der Waals surface area (Å²) in [5, 5.41) is 17.3. The number of benzene rings is 2. The first-order valence-corrected chi connectivity index (χ1v) is 11.2. The van der Waals surface area contributed by atoms with Crippen molar-refractivity contribution in [2.75, 3.05) is 5.32 Å². The summed E-state index contributed by atoms with van der Waals surface area (Å²) in [5.41, 5.74) is 1.20. The van der Waals surface area contributed by atoms with Crippen LogP contribution in [-0.2, 0) is 9.53 Å². The van der Waals surface area contributed by atoms with Gasteiger partial charge >= 0.3 is 6.09 Å². The molecule has 1 aliphatic carbocycles. The molecule has 4 rings (SSSR count). The Hall–Kier alpha value is -4.27. The molecule has 0 spiro atoms. The van der Waals surface area contributed by atoms with Crippen molar-refractivity contribution in [3.63, 3.8) is 0 Å². The Kier molecular flexibility index (Phi) is 6.50. The minimum atomic E-state index is -0.827. The number of pyridine rings is 1. The van der Waals surface area contributed by atoms with Crippen molar-refractivity contribution in [1.29, 1.82) is 5.41 Å². The Balaban J connectivity index is 1.34. The zero-order chi connectivity index (χ0) is 25.2. The number of nitrogens with zero attached hydrogens (tertiary/aromatic N) is 1. The Morgan fingerprint density at radius 2 is 1.83 bits per heavy atom. The summed E-state index contributed by atoms with van der Waals surface area (Å²) in [6.45, 7) is 5.10. The number of hydrogen-bond donors (Lipinski definition) is 4. The Morgan fingerprint density at radius 1 is 1.03 bits per heavy atom. The summed E-state index contributed by atoms with van der Waals surface area (Å²) in [5.74, 6) is -1.27. The number of carbonyl (C=O) groups excluding carboxylic acids is 3. The van der Waals surface area contributed by atoms with Gasteiger partial charge in [-0.3, -0.25) is 30.6 Å². The number of carbonyl (C=O) groups is 3. The second kappa shape index (κ2) is 9.54. The highest BCUT2D eigenvalue weighted by atomic mass is 16.6. The smallest absolute Gasteiger partial charge is 0.414 e. The molecule has 2 atom stereocenters. The van der Waals surface area contributed by atoms with Crippen LogP contribution in [0.5, 0.6) is 0 Å². The molecule has 0 unspecified atom stereocenters. The van der Waals surface area contributed by atoms with Gasteiger partial charge in [0, 0.05) is 34.9 Å². The van der Waals surface area contributed by atoms with Crippen molar-refractivity contribution in [3.05, 3.63) is 72.1 Å². The summed E-state index contributed by atoms with van der Waals surface area (Å²) in [4.78, 5) is 41.2. The van der Waals surface area contributed by atoms with E-state index in [-0.39, 0.29) is 17.7 Å². The molecule has 4 N–H and O–H groups in total. The predicted molar refractivity (Wildman–Crippen MR) is 132 cm³/mol. The number of alkyl carbamates (subject to hydrolysis) is 1. The third kappa shape index (κ3) is 6.20. The normalized spacial score (nSPS) is 16.8. The lowest BCUT2D eigenvalue weighted by Crippen LogP contribution is -2.45. The first-order valence-electron chi connectivity index (χ1n) is 11.2. The van der Waals surface area contributed by atoms with Crippen LogP contribution in [0.3, 0.4) is 0 Å². The quantitative estimate of drug-likeness (QED) is 0.333. The molecule has 0 radical (unpaired) electrons. The van der Waals surface area contributed by atoms with Crippen molar-refractivity contribution in [2.24, 2.45) is 5.92 Å². The minimum absolute atomic E-state index is 0.00625. The molecule has 1 aliphatic rings. The fourth-order valence-corrected chi connectivity index (χ4v) is 3.78. The van der Waals surface area contributed by atoms with Gasteiger partial charge in [0.1, 0.15) is 5.60 Å². The zero-order valence-electron chi connectivity index (χ0n) is 19.7. The van der Waals surface area contributed by atoms with Crippen LogP contribution in [0.2, 0.25) is 0 Å². The zero-order valence-corrected chi connectivity index (χ0v) is 19.7. The van der Waals surface area contributed by atoms with E-state index in [1.165, 1.54) is 0 Å². The van der Waals surface area contributed by atoms with Crippen LogP contribution >= 0.6 is 0 Å². The average molecular weight is 474 g/mol. The summed E-state index contributed by atoms with van der Waals surface area (Å²) in [6, 6.07) is 14.5. The number of amides is 3. The monoisotopic (exact) mass is 473 g/mol. The maximum Gasteiger partial charge on any atom is 0.414 e. The van der Waals surface area contributed by atoms with Gasteiger partial charge in [-0.15, -0.1) is 0 Å². The molecule has 9 nitrogen and oxygen atoms in total. The highest BCUT2D eigenvalue weighted by Crippen LogP contribution is 2.48. The van der Waals surface area contributed by atoms with E-state index in [4.69, 9.17) is 10.1 Å². The second-order valence-corrected chi connectivity index (χ2v) is 9.46. The fourth-order valence-electron chi connectivity index (χ4n) is 3.78. The third-order valence-corrected chi connectivity index (χ3v) is 5.48. The molecule has 9 heteroatoms. The number of fused-ring (bicyclic) bond motifs is 1. The van der Waals surface area contributed by atoms with E-state index in [1.54, 1.807) is 51.4 Å². The highest BCUT2D eigenvalue weighted by Gasteiger charge is 2.44. The Morgan fingerprint density at radius 3 is 2.60 bits per heavy atom.